The molecule has 9 heteroatoms. The second-order valence-corrected chi connectivity index (χ2v) is 7.68. The molecule has 26 heavy (non-hydrogen) atoms. The first-order chi connectivity index (χ1) is 12.3. The van der Waals surface area contributed by atoms with Crippen LogP contribution < -0.4 is 24.5 Å². The van der Waals surface area contributed by atoms with Gasteiger partial charge in [-0.3, -0.25) is 0 Å². The summed E-state index contributed by atoms with van der Waals surface area (Å²) in [5.41, 5.74) is 3.47. The highest BCUT2D eigenvalue weighted by Crippen LogP contribution is 2.39. The van der Waals surface area contributed by atoms with Gasteiger partial charge in [0.1, 0.15) is 0 Å². The molecule has 0 amide bonds. The van der Waals surface area contributed by atoms with Gasteiger partial charge in [0.25, 0.3) is 10.0 Å². The summed E-state index contributed by atoms with van der Waals surface area (Å²) in [6.07, 6.45) is 0. The smallest absolute Gasteiger partial charge is 0.257 e. The molecule has 2 aromatic rings. The molecule has 0 radical (unpaired) electrons. The normalized spacial score (nSPS) is 10.9. The van der Waals surface area contributed by atoms with Crippen LogP contribution in [0, 0.1) is 0 Å². The fourth-order valence-corrected chi connectivity index (χ4v) is 3.26. The average molecular weight is 443 g/mol. The Bertz CT molecular complexity index is 873. The first kappa shape index (κ1) is 20.1. The van der Waals surface area contributed by atoms with Gasteiger partial charge in [-0.25, -0.2) is 8.42 Å². The number of nitrogens with one attached hydrogen (secondary N) is 2. The first-order valence-corrected chi connectivity index (χ1v) is 9.62. The molecule has 2 aromatic carbocycles. The van der Waals surface area contributed by atoms with E-state index in [1.807, 2.05) is 0 Å². The standard InChI is InChI=1S/C17H19BrN2O5S/c1-11(12-9-15(23-2)17(25-4)16(10-12)24-3)19-20-26(21,22)14-7-5-13(18)6-8-14/h5-10,19-20H,1H2,2-4H3. The van der Waals surface area contributed by atoms with Crippen LogP contribution in [-0.4, -0.2) is 29.7 Å². The van der Waals surface area contributed by atoms with Crippen LogP contribution in [0.25, 0.3) is 5.70 Å². The zero-order valence-corrected chi connectivity index (χ0v) is 16.9. The van der Waals surface area contributed by atoms with Gasteiger partial charge in [-0.05, 0) is 36.4 Å². The van der Waals surface area contributed by atoms with Crippen LogP contribution >= 0.6 is 15.9 Å². The van der Waals surface area contributed by atoms with E-state index >= 15 is 0 Å². The van der Waals surface area contributed by atoms with Gasteiger partial charge in [0, 0.05) is 10.0 Å². The predicted octanol–water partition coefficient (Wildman–Crippen LogP) is 2.93. The SMILES string of the molecule is C=C(NNS(=O)(=O)c1ccc(Br)cc1)c1cc(OC)c(OC)c(OC)c1. The molecule has 0 heterocycles. The molecule has 0 aliphatic heterocycles. The van der Waals surface area contributed by atoms with Crippen molar-refractivity contribution in [2.75, 3.05) is 21.3 Å². The third kappa shape index (κ3) is 4.48. The number of methoxy groups -OCH3 is 3. The molecular weight excluding hydrogens is 424 g/mol. The molecule has 0 unspecified atom stereocenters. The molecule has 0 bridgehead atoms. The van der Waals surface area contributed by atoms with Gasteiger partial charge in [0.2, 0.25) is 5.75 Å². The number of sulfonamides is 1. The Labute approximate surface area is 161 Å². The van der Waals surface area contributed by atoms with E-state index in [-0.39, 0.29) is 4.90 Å². The summed E-state index contributed by atoms with van der Waals surface area (Å²) in [5, 5.41) is 0. The third-order valence-corrected chi connectivity index (χ3v) is 5.27. The summed E-state index contributed by atoms with van der Waals surface area (Å²) in [4.78, 5) is 2.41. The highest BCUT2D eigenvalue weighted by Gasteiger charge is 2.17. The minimum Gasteiger partial charge on any atom is -0.493 e. The van der Waals surface area contributed by atoms with Crippen molar-refractivity contribution in [1.82, 2.24) is 10.3 Å². The Hall–Kier alpha value is -2.23. The average Bonchev–Trinajstić information content (AvgIpc) is 2.65. The van der Waals surface area contributed by atoms with E-state index in [1.54, 1.807) is 24.3 Å². The van der Waals surface area contributed by atoms with E-state index in [9.17, 15) is 8.42 Å². The fourth-order valence-electron chi connectivity index (χ4n) is 2.13. The Morgan fingerprint density at radius 3 is 2.00 bits per heavy atom. The molecule has 2 N–H and O–H groups in total. The largest absolute Gasteiger partial charge is 0.493 e. The second kappa shape index (κ2) is 8.43. The van der Waals surface area contributed by atoms with Crippen molar-refractivity contribution in [2.24, 2.45) is 0 Å². The molecule has 0 saturated heterocycles. The van der Waals surface area contributed by atoms with Crippen LogP contribution in [-0.2, 0) is 10.0 Å². The van der Waals surface area contributed by atoms with E-state index < -0.39 is 10.0 Å². The Balaban J connectivity index is 2.21. The maximum atomic E-state index is 12.3. The lowest BCUT2D eigenvalue weighted by atomic mass is 10.1. The van der Waals surface area contributed by atoms with Crippen LogP contribution in [0.15, 0.2) is 52.3 Å². The number of rotatable bonds is 8. The minimum atomic E-state index is -3.75. The summed E-state index contributed by atoms with van der Waals surface area (Å²) in [6, 6.07) is 9.56. The van der Waals surface area contributed by atoms with E-state index in [0.717, 1.165) is 4.47 Å². The first-order valence-electron chi connectivity index (χ1n) is 7.35. The molecule has 0 atom stereocenters. The lowest BCUT2D eigenvalue weighted by molar-refractivity contribution is 0.324. The number of ether oxygens (including phenoxy) is 3. The zero-order chi connectivity index (χ0) is 19.3. The molecule has 0 aliphatic carbocycles. The van der Waals surface area contributed by atoms with Crippen LogP contribution in [0.2, 0.25) is 0 Å². The number of halogens is 1. The van der Waals surface area contributed by atoms with Gasteiger partial charge in [0.05, 0.1) is 31.9 Å². The maximum absolute atomic E-state index is 12.3. The third-order valence-electron chi connectivity index (χ3n) is 3.47. The molecule has 7 nitrogen and oxygen atoms in total. The monoisotopic (exact) mass is 442 g/mol. The molecule has 0 spiro atoms. The van der Waals surface area contributed by atoms with Crippen molar-refractivity contribution in [3.05, 3.63) is 53.0 Å². The summed E-state index contributed by atoms with van der Waals surface area (Å²) >= 11 is 3.26. The molecule has 0 fully saturated rings. The van der Waals surface area contributed by atoms with Gasteiger partial charge in [-0.15, -0.1) is 4.83 Å². The lowest BCUT2D eigenvalue weighted by Crippen LogP contribution is -2.35. The summed E-state index contributed by atoms with van der Waals surface area (Å²) in [6.45, 7) is 3.84. The van der Waals surface area contributed by atoms with Crippen LogP contribution in [0.4, 0.5) is 0 Å². The van der Waals surface area contributed by atoms with Crippen molar-refractivity contribution in [2.45, 2.75) is 4.90 Å². The number of hydrazine groups is 1. The highest BCUT2D eigenvalue weighted by atomic mass is 79.9. The highest BCUT2D eigenvalue weighted by molar-refractivity contribution is 9.10. The zero-order valence-electron chi connectivity index (χ0n) is 14.5. The minimum absolute atomic E-state index is 0.117. The van der Waals surface area contributed by atoms with E-state index in [0.29, 0.717) is 28.5 Å². The van der Waals surface area contributed by atoms with Crippen LogP contribution in [0.5, 0.6) is 17.2 Å². The topological polar surface area (TPSA) is 85.9 Å². The van der Waals surface area contributed by atoms with Gasteiger partial charge < -0.3 is 19.6 Å². The number of hydrogen-bond donors (Lipinski definition) is 2. The Kier molecular flexibility index (Phi) is 6.52. The Morgan fingerprint density at radius 1 is 1.00 bits per heavy atom. The lowest BCUT2D eigenvalue weighted by Gasteiger charge is -2.16. The van der Waals surface area contributed by atoms with Crippen molar-refractivity contribution in [3.63, 3.8) is 0 Å². The predicted molar refractivity (Wildman–Crippen MR) is 103 cm³/mol. The molecule has 0 saturated carbocycles. The molecule has 2 rings (SSSR count). The van der Waals surface area contributed by atoms with Gasteiger partial charge >= 0.3 is 0 Å². The van der Waals surface area contributed by atoms with E-state index in [4.69, 9.17) is 14.2 Å². The van der Waals surface area contributed by atoms with E-state index in [2.05, 4.69) is 32.8 Å². The van der Waals surface area contributed by atoms with Crippen molar-refractivity contribution >= 4 is 31.7 Å². The van der Waals surface area contributed by atoms with Crippen molar-refractivity contribution in [3.8, 4) is 17.2 Å². The van der Waals surface area contributed by atoms with Crippen LogP contribution in [0.1, 0.15) is 5.56 Å². The van der Waals surface area contributed by atoms with Gasteiger partial charge in [0.15, 0.2) is 11.5 Å². The molecule has 0 aliphatic rings. The summed E-state index contributed by atoms with van der Waals surface area (Å²) < 4.78 is 41.3. The van der Waals surface area contributed by atoms with Crippen molar-refractivity contribution < 1.29 is 22.6 Å². The summed E-state index contributed by atoms with van der Waals surface area (Å²) in [7, 11) is 0.732. The maximum Gasteiger partial charge on any atom is 0.257 e. The molecular formula is C17H19BrN2O5S. The summed E-state index contributed by atoms with van der Waals surface area (Å²) in [5.74, 6) is 1.29. The number of hydrogen-bond acceptors (Lipinski definition) is 6. The molecule has 0 aromatic heterocycles. The van der Waals surface area contributed by atoms with Gasteiger partial charge in [-0.2, -0.15) is 0 Å². The quantitative estimate of drug-likeness (QED) is 0.611. The van der Waals surface area contributed by atoms with Crippen LogP contribution in [0.3, 0.4) is 0 Å². The second-order valence-electron chi connectivity index (χ2n) is 5.08. The Morgan fingerprint density at radius 2 is 1.54 bits per heavy atom. The van der Waals surface area contributed by atoms with Crippen molar-refractivity contribution in [1.29, 1.82) is 0 Å². The van der Waals surface area contributed by atoms with E-state index in [1.165, 1.54) is 33.5 Å². The fraction of sp³-hybridized carbons (Fsp3) is 0.176. The van der Waals surface area contributed by atoms with Gasteiger partial charge in [-0.1, -0.05) is 22.5 Å². The number of benzene rings is 2. The molecule has 140 valence electrons.